The summed E-state index contributed by atoms with van der Waals surface area (Å²) >= 11 is 0. The molecule has 1 aromatic carbocycles. The molecule has 2 heterocycles. The molecule has 1 fully saturated rings. The number of carbonyl (C=O) groups is 1. The Bertz CT molecular complexity index is 763. The van der Waals surface area contributed by atoms with Crippen LogP contribution in [0, 0.1) is 0 Å². The van der Waals surface area contributed by atoms with Crippen LogP contribution in [-0.2, 0) is 11.8 Å². The van der Waals surface area contributed by atoms with E-state index >= 15 is 0 Å². The zero-order valence-corrected chi connectivity index (χ0v) is 12.7. The van der Waals surface area contributed by atoms with E-state index in [0.717, 1.165) is 19.4 Å². The number of nitrogens with zero attached hydrogens (tertiary/aromatic N) is 2. The topological polar surface area (TPSA) is 73.2 Å². The minimum atomic E-state index is -0.283. The number of amides is 1. The van der Waals surface area contributed by atoms with Gasteiger partial charge in [-0.1, -0.05) is 18.2 Å². The largest absolute Gasteiger partial charge is 0.376 e. The van der Waals surface area contributed by atoms with E-state index in [0.29, 0.717) is 10.8 Å². The molecule has 116 valence electrons. The lowest BCUT2D eigenvalue weighted by Gasteiger charge is -2.20. The van der Waals surface area contributed by atoms with Crippen LogP contribution < -0.4 is 10.9 Å². The van der Waals surface area contributed by atoms with Crippen LogP contribution in [0.25, 0.3) is 10.8 Å². The van der Waals surface area contributed by atoms with Crippen molar-refractivity contribution in [1.29, 1.82) is 0 Å². The van der Waals surface area contributed by atoms with Crippen LogP contribution in [0.15, 0.2) is 29.1 Å². The number of aromatic nitrogens is 2. The summed E-state index contributed by atoms with van der Waals surface area (Å²) in [4.78, 5) is 24.6. The molecule has 0 bridgehead atoms. The van der Waals surface area contributed by atoms with E-state index in [-0.39, 0.29) is 29.3 Å². The van der Waals surface area contributed by atoms with Gasteiger partial charge in [0.1, 0.15) is 0 Å². The highest BCUT2D eigenvalue weighted by molar-refractivity contribution is 6.04. The Morgan fingerprint density at radius 2 is 2.14 bits per heavy atom. The number of hydrogen-bond donors (Lipinski definition) is 1. The molecule has 22 heavy (non-hydrogen) atoms. The van der Waals surface area contributed by atoms with Crippen LogP contribution in [0.5, 0.6) is 0 Å². The highest BCUT2D eigenvalue weighted by Crippen LogP contribution is 2.17. The molecule has 0 spiro atoms. The molecule has 1 aliphatic heterocycles. The van der Waals surface area contributed by atoms with Crippen molar-refractivity contribution in [2.24, 2.45) is 7.05 Å². The highest BCUT2D eigenvalue weighted by atomic mass is 16.5. The molecule has 2 atom stereocenters. The predicted molar refractivity (Wildman–Crippen MR) is 82.9 cm³/mol. The highest BCUT2D eigenvalue weighted by Gasteiger charge is 2.25. The maximum atomic E-state index is 12.5. The summed E-state index contributed by atoms with van der Waals surface area (Å²) < 4.78 is 6.79. The number of aryl methyl sites for hydroxylation is 1. The van der Waals surface area contributed by atoms with Crippen LogP contribution in [-0.4, -0.2) is 34.4 Å². The molecule has 6 heteroatoms. The quantitative estimate of drug-likeness (QED) is 0.925. The molecule has 1 aromatic heterocycles. The molecule has 0 unspecified atom stereocenters. The number of carbonyl (C=O) groups excluding carboxylic acids is 1. The Labute approximate surface area is 128 Å². The third-order valence-corrected chi connectivity index (χ3v) is 4.05. The molecule has 1 amide bonds. The molecule has 1 saturated heterocycles. The van der Waals surface area contributed by atoms with Gasteiger partial charge in [0.05, 0.1) is 17.5 Å². The normalized spacial score (nSPS) is 19.3. The molecule has 0 aliphatic carbocycles. The van der Waals surface area contributed by atoms with Crippen LogP contribution in [0.3, 0.4) is 0 Å². The Kier molecular flexibility index (Phi) is 3.94. The molecule has 6 nitrogen and oxygen atoms in total. The van der Waals surface area contributed by atoms with Crippen LogP contribution in [0.4, 0.5) is 0 Å². The number of hydrogen-bond acceptors (Lipinski definition) is 4. The fourth-order valence-corrected chi connectivity index (χ4v) is 2.83. The van der Waals surface area contributed by atoms with Crippen molar-refractivity contribution >= 4 is 16.7 Å². The summed E-state index contributed by atoms with van der Waals surface area (Å²) in [5, 5.41) is 8.13. The number of rotatable bonds is 3. The van der Waals surface area contributed by atoms with Gasteiger partial charge in [-0.3, -0.25) is 9.59 Å². The average molecular weight is 301 g/mol. The molecule has 1 aliphatic rings. The molecular formula is C16H19N3O3. The van der Waals surface area contributed by atoms with Crippen molar-refractivity contribution in [2.75, 3.05) is 6.61 Å². The Morgan fingerprint density at radius 1 is 1.41 bits per heavy atom. The summed E-state index contributed by atoms with van der Waals surface area (Å²) in [6.45, 7) is 2.67. The van der Waals surface area contributed by atoms with E-state index in [1.165, 1.54) is 4.68 Å². The predicted octanol–water partition coefficient (Wildman–Crippen LogP) is 1.23. The van der Waals surface area contributed by atoms with E-state index < -0.39 is 0 Å². The first-order chi connectivity index (χ1) is 10.6. The van der Waals surface area contributed by atoms with Crippen LogP contribution in [0.1, 0.15) is 30.3 Å². The van der Waals surface area contributed by atoms with Crippen molar-refractivity contribution in [3.05, 3.63) is 40.3 Å². The van der Waals surface area contributed by atoms with Gasteiger partial charge in [-0.15, -0.1) is 0 Å². The maximum Gasteiger partial charge on any atom is 0.274 e. The molecule has 2 aromatic rings. The smallest absolute Gasteiger partial charge is 0.274 e. The maximum absolute atomic E-state index is 12.5. The summed E-state index contributed by atoms with van der Waals surface area (Å²) in [5.41, 5.74) is 0.0573. The summed E-state index contributed by atoms with van der Waals surface area (Å²) in [7, 11) is 1.55. The number of nitrogens with one attached hydrogen (secondary N) is 1. The van der Waals surface area contributed by atoms with Gasteiger partial charge < -0.3 is 10.1 Å². The van der Waals surface area contributed by atoms with Gasteiger partial charge in [0.25, 0.3) is 11.5 Å². The van der Waals surface area contributed by atoms with E-state index in [4.69, 9.17) is 4.74 Å². The van der Waals surface area contributed by atoms with Crippen molar-refractivity contribution in [2.45, 2.75) is 31.9 Å². The van der Waals surface area contributed by atoms with Gasteiger partial charge >= 0.3 is 0 Å². The first-order valence-electron chi connectivity index (χ1n) is 7.46. The number of fused-ring (bicyclic) bond motifs is 1. The second-order valence-corrected chi connectivity index (χ2v) is 5.64. The van der Waals surface area contributed by atoms with Gasteiger partial charge in [0, 0.05) is 19.0 Å². The third kappa shape index (κ3) is 2.62. The second kappa shape index (κ2) is 5.88. The fourth-order valence-electron chi connectivity index (χ4n) is 2.83. The first kappa shape index (κ1) is 14.7. The monoisotopic (exact) mass is 301 g/mol. The van der Waals surface area contributed by atoms with Gasteiger partial charge in [-0.05, 0) is 25.8 Å². The van der Waals surface area contributed by atoms with Gasteiger partial charge in [-0.25, -0.2) is 4.68 Å². The van der Waals surface area contributed by atoms with Crippen molar-refractivity contribution in [1.82, 2.24) is 15.1 Å². The minimum absolute atomic E-state index is 0.0442. The van der Waals surface area contributed by atoms with Gasteiger partial charge in [0.2, 0.25) is 0 Å². The van der Waals surface area contributed by atoms with Crippen molar-refractivity contribution in [3.8, 4) is 0 Å². The molecule has 1 N–H and O–H groups in total. The Hall–Kier alpha value is -2.21. The fraction of sp³-hybridized carbons (Fsp3) is 0.438. The lowest BCUT2D eigenvalue weighted by atomic mass is 10.1. The summed E-state index contributed by atoms with van der Waals surface area (Å²) in [6, 6.07) is 6.94. The van der Waals surface area contributed by atoms with Crippen molar-refractivity contribution < 1.29 is 9.53 Å². The Balaban J connectivity index is 1.94. The van der Waals surface area contributed by atoms with Gasteiger partial charge in [0.15, 0.2) is 5.69 Å². The molecule has 0 radical (unpaired) electrons. The first-order valence-corrected chi connectivity index (χ1v) is 7.46. The standard InChI is InChI=1S/C16H19N3O3/c1-10(13-8-5-9-22-13)17-15(20)14-11-6-3-4-7-12(11)16(21)19(2)18-14/h3-4,6-7,10,13H,5,8-9H2,1-2H3,(H,17,20)/t10-,13+/m0/s1. The van der Waals surface area contributed by atoms with Crippen molar-refractivity contribution in [3.63, 3.8) is 0 Å². The summed E-state index contributed by atoms with van der Waals surface area (Å²) in [6.07, 6.45) is 2.01. The summed E-state index contributed by atoms with van der Waals surface area (Å²) in [5.74, 6) is -0.283. The molecule has 0 saturated carbocycles. The Morgan fingerprint density at radius 3 is 2.82 bits per heavy atom. The van der Waals surface area contributed by atoms with Crippen LogP contribution >= 0.6 is 0 Å². The molecular weight excluding hydrogens is 282 g/mol. The second-order valence-electron chi connectivity index (χ2n) is 5.64. The number of benzene rings is 1. The number of ether oxygens (including phenoxy) is 1. The van der Waals surface area contributed by atoms with E-state index in [1.807, 2.05) is 6.92 Å². The lowest BCUT2D eigenvalue weighted by Crippen LogP contribution is -2.41. The van der Waals surface area contributed by atoms with Gasteiger partial charge in [-0.2, -0.15) is 5.10 Å². The average Bonchev–Trinajstić information content (AvgIpc) is 3.05. The SMILES string of the molecule is C[C@H](NC(=O)c1nn(C)c(=O)c2ccccc12)[C@H]1CCCO1. The molecule has 3 rings (SSSR count). The van der Waals surface area contributed by atoms with E-state index in [1.54, 1.807) is 31.3 Å². The van der Waals surface area contributed by atoms with E-state index in [2.05, 4.69) is 10.4 Å². The zero-order valence-electron chi connectivity index (χ0n) is 12.7. The zero-order chi connectivity index (χ0) is 15.7. The van der Waals surface area contributed by atoms with E-state index in [9.17, 15) is 9.59 Å². The lowest BCUT2D eigenvalue weighted by molar-refractivity contribution is 0.0709. The third-order valence-electron chi connectivity index (χ3n) is 4.05. The van der Waals surface area contributed by atoms with Crippen LogP contribution in [0.2, 0.25) is 0 Å². The minimum Gasteiger partial charge on any atom is -0.376 e.